The molecule has 0 fully saturated rings. The molecule has 0 saturated heterocycles. The predicted molar refractivity (Wildman–Crippen MR) is 115 cm³/mol. The minimum atomic E-state index is -0.0285. The Morgan fingerprint density at radius 2 is 2.15 bits per heavy atom. The van der Waals surface area contributed by atoms with Gasteiger partial charge in [0, 0.05) is 21.5 Å². The van der Waals surface area contributed by atoms with E-state index in [1.54, 1.807) is 17.4 Å². The van der Waals surface area contributed by atoms with Crippen LogP contribution in [0.2, 0.25) is 0 Å². The van der Waals surface area contributed by atoms with Crippen molar-refractivity contribution in [3.63, 3.8) is 0 Å². The first-order chi connectivity index (χ1) is 13.1. The summed E-state index contributed by atoms with van der Waals surface area (Å²) in [4.78, 5) is 13.4. The van der Waals surface area contributed by atoms with Crippen LogP contribution in [0.4, 0.5) is 0 Å². The van der Waals surface area contributed by atoms with E-state index in [0.717, 1.165) is 20.7 Å². The van der Waals surface area contributed by atoms with E-state index < -0.39 is 0 Å². The van der Waals surface area contributed by atoms with Gasteiger partial charge in [-0.2, -0.15) is 0 Å². The lowest BCUT2D eigenvalue weighted by Crippen LogP contribution is -2.27. The van der Waals surface area contributed by atoms with Crippen molar-refractivity contribution in [3.05, 3.63) is 63.8 Å². The smallest absolute Gasteiger partial charge is 0.230 e. The lowest BCUT2D eigenvalue weighted by Gasteiger charge is -2.12. The van der Waals surface area contributed by atoms with E-state index in [4.69, 9.17) is 0 Å². The standard InChI is InChI=1S/C19H19BrN4OS2/c1-3-10-24-18(14-6-8-15(20)9-7-14)22-23-19(24)27-12-17(25)21-13(2)16-5-4-11-26-16/h3-9,11,13H,1,10,12H2,2H3,(H,21,25). The van der Waals surface area contributed by atoms with Gasteiger partial charge in [-0.05, 0) is 30.5 Å². The maximum absolute atomic E-state index is 12.3. The van der Waals surface area contributed by atoms with Crippen molar-refractivity contribution in [2.24, 2.45) is 0 Å². The zero-order valence-corrected chi connectivity index (χ0v) is 18.0. The normalized spacial score (nSPS) is 11.9. The van der Waals surface area contributed by atoms with E-state index in [1.165, 1.54) is 11.8 Å². The number of nitrogens with zero attached hydrogens (tertiary/aromatic N) is 3. The third kappa shape index (κ3) is 5.09. The summed E-state index contributed by atoms with van der Waals surface area (Å²) in [5, 5.41) is 14.3. The molecule has 8 heteroatoms. The van der Waals surface area contributed by atoms with Gasteiger partial charge in [0.25, 0.3) is 0 Å². The summed E-state index contributed by atoms with van der Waals surface area (Å²) in [7, 11) is 0. The van der Waals surface area contributed by atoms with Crippen LogP contribution in [0.25, 0.3) is 11.4 Å². The highest BCUT2D eigenvalue weighted by Gasteiger charge is 2.16. The van der Waals surface area contributed by atoms with Crippen LogP contribution in [-0.4, -0.2) is 26.4 Å². The molecule has 2 aromatic heterocycles. The number of benzene rings is 1. The van der Waals surface area contributed by atoms with Crippen LogP contribution in [0.1, 0.15) is 17.8 Å². The van der Waals surface area contributed by atoms with E-state index in [2.05, 4.69) is 38.0 Å². The highest BCUT2D eigenvalue weighted by molar-refractivity contribution is 9.10. The molecule has 1 unspecified atom stereocenters. The van der Waals surface area contributed by atoms with Crippen molar-refractivity contribution < 1.29 is 4.79 Å². The Balaban J connectivity index is 1.68. The number of aromatic nitrogens is 3. The second-order valence-corrected chi connectivity index (χ2v) is 8.64. The molecular weight excluding hydrogens is 444 g/mol. The van der Waals surface area contributed by atoms with Crippen molar-refractivity contribution in [1.29, 1.82) is 0 Å². The first kappa shape index (κ1) is 19.9. The number of rotatable bonds is 8. The Morgan fingerprint density at radius 1 is 1.37 bits per heavy atom. The maximum atomic E-state index is 12.3. The summed E-state index contributed by atoms with van der Waals surface area (Å²) in [5.41, 5.74) is 0.968. The second-order valence-electron chi connectivity index (χ2n) is 5.81. The molecule has 0 aliphatic rings. The number of amides is 1. The molecule has 140 valence electrons. The van der Waals surface area contributed by atoms with Crippen molar-refractivity contribution in [3.8, 4) is 11.4 Å². The van der Waals surface area contributed by atoms with Crippen LogP contribution >= 0.6 is 39.0 Å². The lowest BCUT2D eigenvalue weighted by molar-refractivity contribution is -0.119. The van der Waals surface area contributed by atoms with Gasteiger partial charge >= 0.3 is 0 Å². The van der Waals surface area contributed by atoms with E-state index in [0.29, 0.717) is 11.7 Å². The number of thioether (sulfide) groups is 1. The number of carbonyl (C=O) groups excluding carboxylic acids is 1. The number of hydrogen-bond acceptors (Lipinski definition) is 5. The molecule has 1 amide bonds. The van der Waals surface area contributed by atoms with Crippen LogP contribution < -0.4 is 5.32 Å². The third-order valence-corrected chi connectivity index (χ3v) is 6.36. The molecule has 3 aromatic rings. The lowest BCUT2D eigenvalue weighted by atomic mass is 10.2. The van der Waals surface area contributed by atoms with Gasteiger partial charge in [-0.1, -0.05) is 52.0 Å². The molecule has 0 saturated carbocycles. The number of hydrogen-bond donors (Lipinski definition) is 1. The van der Waals surface area contributed by atoms with Gasteiger partial charge < -0.3 is 5.32 Å². The van der Waals surface area contributed by atoms with E-state index in [-0.39, 0.29) is 17.7 Å². The fourth-order valence-electron chi connectivity index (χ4n) is 2.52. The van der Waals surface area contributed by atoms with Crippen molar-refractivity contribution >= 4 is 44.9 Å². The number of carbonyl (C=O) groups is 1. The molecule has 3 rings (SSSR count). The Labute approximate surface area is 175 Å². The minimum Gasteiger partial charge on any atom is -0.348 e. The quantitative estimate of drug-likeness (QED) is 0.381. The highest BCUT2D eigenvalue weighted by atomic mass is 79.9. The van der Waals surface area contributed by atoms with Gasteiger partial charge in [0.05, 0.1) is 11.8 Å². The van der Waals surface area contributed by atoms with Gasteiger partial charge in [-0.15, -0.1) is 28.1 Å². The van der Waals surface area contributed by atoms with E-state index >= 15 is 0 Å². The average Bonchev–Trinajstić information content (AvgIpc) is 3.31. The fraction of sp³-hybridized carbons (Fsp3) is 0.211. The molecule has 0 aliphatic carbocycles. The molecular formula is C19H19BrN4OS2. The molecule has 0 aliphatic heterocycles. The molecule has 2 heterocycles. The maximum Gasteiger partial charge on any atom is 0.230 e. The van der Waals surface area contributed by atoms with Crippen molar-refractivity contribution in [2.75, 3.05) is 5.75 Å². The number of nitrogens with one attached hydrogen (secondary N) is 1. The monoisotopic (exact) mass is 462 g/mol. The van der Waals surface area contributed by atoms with Crippen LogP contribution in [0.5, 0.6) is 0 Å². The molecule has 27 heavy (non-hydrogen) atoms. The summed E-state index contributed by atoms with van der Waals surface area (Å²) in [6.45, 7) is 6.38. The molecule has 0 bridgehead atoms. The highest BCUT2D eigenvalue weighted by Crippen LogP contribution is 2.25. The zero-order chi connectivity index (χ0) is 19.2. The van der Waals surface area contributed by atoms with Gasteiger partial charge in [-0.25, -0.2) is 0 Å². The first-order valence-electron chi connectivity index (χ1n) is 8.34. The second kappa shape index (κ2) is 9.34. The SMILES string of the molecule is C=CCn1c(SCC(=O)NC(C)c2cccs2)nnc1-c1ccc(Br)cc1. The van der Waals surface area contributed by atoms with E-state index in [1.807, 2.05) is 53.3 Å². The number of halogens is 1. The minimum absolute atomic E-state index is 0.00229. The topological polar surface area (TPSA) is 59.8 Å². The van der Waals surface area contributed by atoms with Crippen LogP contribution in [0.3, 0.4) is 0 Å². The van der Waals surface area contributed by atoms with Crippen molar-refractivity contribution in [2.45, 2.75) is 24.7 Å². The molecule has 1 N–H and O–H groups in total. The Kier molecular flexibility index (Phi) is 6.87. The number of thiophene rings is 1. The molecule has 5 nitrogen and oxygen atoms in total. The Morgan fingerprint density at radius 3 is 2.81 bits per heavy atom. The Hall–Kier alpha value is -1.90. The number of allylic oxidation sites excluding steroid dienone is 1. The van der Waals surface area contributed by atoms with Crippen LogP contribution in [0, 0.1) is 0 Å². The molecule has 0 spiro atoms. The van der Waals surface area contributed by atoms with Gasteiger partial charge in [0.15, 0.2) is 11.0 Å². The zero-order valence-electron chi connectivity index (χ0n) is 14.8. The van der Waals surface area contributed by atoms with Gasteiger partial charge in [-0.3, -0.25) is 9.36 Å². The van der Waals surface area contributed by atoms with Crippen molar-refractivity contribution in [1.82, 2.24) is 20.1 Å². The predicted octanol–water partition coefficient (Wildman–Crippen LogP) is 4.92. The molecule has 0 radical (unpaired) electrons. The third-order valence-electron chi connectivity index (χ3n) is 3.81. The largest absolute Gasteiger partial charge is 0.348 e. The van der Waals surface area contributed by atoms with E-state index in [9.17, 15) is 4.79 Å². The Bertz CT molecular complexity index is 906. The summed E-state index contributed by atoms with van der Waals surface area (Å²) in [6.07, 6.45) is 1.80. The van der Waals surface area contributed by atoms with Gasteiger partial charge in [0.1, 0.15) is 0 Å². The summed E-state index contributed by atoms with van der Waals surface area (Å²) < 4.78 is 2.98. The molecule has 1 atom stereocenters. The summed E-state index contributed by atoms with van der Waals surface area (Å²) in [6, 6.07) is 11.9. The average molecular weight is 463 g/mol. The summed E-state index contributed by atoms with van der Waals surface area (Å²) in [5.74, 6) is 1.02. The molecule has 1 aromatic carbocycles. The van der Waals surface area contributed by atoms with Gasteiger partial charge in [0.2, 0.25) is 5.91 Å². The van der Waals surface area contributed by atoms with Crippen LogP contribution in [-0.2, 0) is 11.3 Å². The first-order valence-corrected chi connectivity index (χ1v) is 11.0. The fourth-order valence-corrected chi connectivity index (χ4v) is 4.28. The van der Waals surface area contributed by atoms with Crippen LogP contribution in [0.15, 0.2) is 64.1 Å². The summed E-state index contributed by atoms with van der Waals surface area (Å²) >= 11 is 6.45.